The molecular formula is C15H11Cl2F6N2O2+. The maximum absolute atomic E-state index is 13.0. The van der Waals surface area contributed by atoms with E-state index in [2.05, 4.69) is 0 Å². The van der Waals surface area contributed by atoms with Gasteiger partial charge in [0.1, 0.15) is 17.4 Å². The van der Waals surface area contributed by atoms with E-state index in [1.807, 2.05) is 0 Å². The monoisotopic (exact) mass is 435 g/mol. The van der Waals surface area contributed by atoms with Crippen LogP contribution < -0.4 is 0 Å². The molecule has 0 spiro atoms. The number of fused-ring (bicyclic) bond motifs is 3. The summed E-state index contributed by atoms with van der Waals surface area (Å²) in [7, 11) is 0. The predicted octanol–water partition coefficient (Wildman–Crippen LogP) is 3.74. The Morgan fingerprint density at radius 3 is 2.15 bits per heavy atom. The van der Waals surface area contributed by atoms with Crippen LogP contribution in [-0.4, -0.2) is 44.1 Å². The van der Waals surface area contributed by atoms with Gasteiger partial charge in [-0.25, -0.2) is 9.59 Å². The Bertz CT molecular complexity index is 828. The van der Waals surface area contributed by atoms with Crippen molar-refractivity contribution in [1.29, 1.82) is 0 Å². The minimum atomic E-state index is -5.60. The third-order valence-electron chi connectivity index (χ3n) is 4.64. The van der Waals surface area contributed by atoms with Gasteiger partial charge in [0.15, 0.2) is 0 Å². The molecule has 2 amide bonds. The molecule has 148 valence electrons. The lowest BCUT2D eigenvalue weighted by Crippen LogP contribution is -2.67. The van der Waals surface area contributed by atoms with Crippen molar-refractivity contribution in [1.82, 2.24) is 4.57 Å². The van der Waals surface area contributed by atoms with Crippen LogP contribution in [0, 0.1) is 0 Å². The number of alkyl halides is 8. The van der Waals surface area contributed by atoms with Crippen molar-refractivity contribution in [2.45, 2.75) is 36.2 Å². The molecule has 27 heavy (non-hydrogen) atoms. The van der Waals surface area contributed by atoms with Crippen molar-refractivity contribution in [3.05, 3.63) is 29.1 Å². The van der Waals surface area contributed by atoms with E-state index in [1.54, 1.807) is 0 Å². The van der Waals surface area contributed by atoms with Gasteiger partial charge in [0, 0.05) is 12.1 Å². The molecule has 3 rings (SSSR count). The largest absolute Gasteiger partial charge is 0.510 e. The molecule has 0 fully saturated rings. The SMILES string of the molecule is O=C(C(F)(F)F)[N+]1(C(=O)C(F)(F)F)CCn2c(cc3c2CC(Cl)(Cl)C=C3)C1. The predicted molar refractivity (Wildman–Crippen MR) is 82.6 cm³/mol. The van der Waals surface area contributed by atoms with Crippen molar-refractivity contribution in [3.63, 3.8) is 0 Å². The lowest BCUT2D eigenvalue weighted by molar-refractivity contribution is -0.809. The van der Waals surface area contributed by atoms with Crippen LogP contribution >= 0.6 is 23.2 Å². The zero-order chi connectivity index (χ0) is 20.4. The summed E-state index contributed by atoms with van der Waals surface area (Å²) in [6.45, 7) is -2.44. The van der Waals surface area contributed by atoms with Crippen LogP contribution in [-0.2, 0) is 29.1 Å². The number of hydrogen-bond acceptors (Lipinski definition) is 2. The zero-order valence-electron chi connectivity index (χ0n) is 13.3. The second-order valence-electron chi connectivity index (χ2n) is 6.42. The van der Waals surface area contributed by atoms with E-state index in [9.17, 15) is 35.9 Å². The number of carbonyl (C=O) groups is 2. The second kappa shape index (κ2) is 5.99. The van der Waals surface area contributed by atoms with Crippen LogP contribution in [0.25, 0.3) is 6.08 Å². The first-order valence-corrected chi connectivity index (χ1v) is 8.32. The van der Waals surface area contributed by atoms with Gasteiger partial charge < -0.3 is 4.57 Å². The molecule has 0 aromatic carbocycles. The van der Waals surface area contributed by atoms with E-state index in [1.165, 1.54) is 22.8 Å². The fraction of sp³-hybridized carbons (Fsp3) is 0.467. The Hall–Kier alpha value is -1.52. The Balaban J connectivity index is 2.09. The third-order valence-corrected chi connectivity index (χ3v) is 5.16. The summed E-state index contributed by atoms with van der Waals surface area (Å²) in [4.78, 5) is 23.7. The fourth-order valence-electron chi connectivity index (χ4n) is 3.47. The highest BCUT2D eigenvalue weighted by atomic mass is 35.5. The van der Waals surface area contributed by atoms with Crippen molar-refractivity contribution in [2.24, 2.45) is 0 Å². The van der Waals surface area contributed by atoms with Crippen LogP contribution in [0.4, 0.5) is 26.3 Å². The van der Waals surface area contributed by atoms with Gasteiger partial charge in [-0.15, -0.1) is 0 Å². The average molecular weight is 436 g/mol. The number of rotatable bonds is 0. The quantitative estimate of drug-likeness (QED) is 0.353. The number of aromatic nitrogens is 1. The Morgan fingerprint density at radius 2 is 1.63 bits per heavy atom. The van der Waals surface area contributed by atoms with E-state index in [0.29, 0.717) is 11.3 Å². The van der Waals surface area contributed by atoms with Crippen LogP contribution in [0.2, 0.25) is 0 Å². The molecule has 1 aliphatic heterocycles. The summed E-state index contributed by atoms with van der Waals surface area (Å²) in [5, 5.41) is 0. The number of carbonyl (C=O) groups excluding carboxylic acids is 2. The van der Waals surface area contributed by atoms with Gasteiger partial charge in [0.25, 0.3) is 0 Å². The summed E-state index contributed by atoms with van der Waals surface area (Å²) in [6, 6.07) is 1.34. The Labute approximate surface area is 158 Å². The van der Waals surface area contributed by atoms with Crippen LogP contribution in [0.5, 0.6) is 0 Å². The number of imide groups is 1. The number of quaternary nitrogens is 1. The molecule has 0 unspecified atom stereocenters. The maximum Gasteiger partial charge on any atom is 0.510 e. The molecule has 0 saturated heterocycles. The summed E-state index contributed by atoms with van der Waals surface area (Å²) in [5.74, 6) is -5.48. The molecule has 2 aliphatic rings. The van der Waals surface area contributed by atoms with E-state index in [0.717, 1.165) is 0 Å². The molecule has 4 nitrogen and oxygen atoms in total. The first-order chi connectivity index (χ1) is 12.2. The third kappa shape index (κ3) is 3.38. The molecule has 0 N–H and O–H groups in total. The van der Waals surface area contributed by atoms with Gasteiger partial charge in [-0.3, -0.25) is 0 Å². The summed E-state index contributed by atoms with van der Waals surface area (Å²) < 4.78 is 75.8. The molecular weight excluding hydrogens is 425 g/mol. The van der Waals surface area contributed by atoms with Crippen molar-refractivity contribution in [3.8, 4) is 0 Å². The van der Waals surface area contributed by atoms with E-state index >= 15 is 0 Å². The highest BCUT2D eigenvalue weighted by Gasteiger charge is 2.66. The molecule has 1 aromatic rings. The standard InChI is InChI=1S/C15H11Cl2F6N2O2/c16-13(17)2-1-8-5-9-7-25(11(26)14(18,19)20,12(27)15(21,22)23)4-3-24(9)10(8)6-13/h1-2,5H,3-4,6-7H2/q+1. The van der Waals surface area contributed by atoms with Gasteiger partial charge in [-0.2, -0.15) is 30.8 Å². The zero-order valence-corrected chi connectivity index (χ0v) is 14.8. The minimum absolute atomic E-state index is 0.00265. The first-order valence-electron chi connectivity index (χ1n) is 7.56. The topological polar surface area (TPSA) is 39.1 Å². The highest BCUT2D eigenvalue weighted by molar-refractivity contribution is 6.50. The van der Waals surface area contributed by atoms with Crippen molar-refractivity contribution >= 4 is 41.1 Å². The van der Waals surface area contributed by atoms with Crippen molar-refractivity contribution < 1.29 is 40.4 Å². The molecule has 12 heteroatoms. The number of allylic oxidation sites excluding steroid dienone is 1. The normalized spacial score (nSPS) is 20.7. The Morgan fingerprint density at radius 1 is 1.07 bits per heavy atom. The summed E-state index contributed by atoms with van der Waals surface area (Å²) in [5.41, 5.74) is 1.03. The van der Waals surface area contributed by atoms with Crippen molar-refractivity contribution in [2.75, 3.05) is 6.54 Å². The lowest BCUT2D eigenvalue weighted by atomic mass is 10.0. The molecule has 1 aromatic heterocycles. The van der Waals surface area contributed by atoms with E-state index < -0.39 is 52.6 Å². The van der Waals surface area contributed by atoms with Gasteiger partial charge in [-0.1, -0.05) is 29.3 Å². The average Bonchev–Trinajstić information content (AvgIpc) is 2.87. The highest BCUT2D eigenvalue weighted by Crippen LogP contribution is 2.40. The van der Waals surface area contributed by atoms with Crippen LogP contribution in [0.1, 0.15) is 17.0 Å². The van der Waals surface area contributed by atoms with Gasteiger partial charge in [-0.05, 0) is 17.7 Å². The van der Waals surface area contributed by atoms with Crippen LogP contribution in [0.3, 0.4) is 0 Å². The van der Waals surface area contributed by atoms with E-state index in [4.69, 9.17) is 23.2 Å². The number of hydrogen-bond donors (Lipinski definition) is 0. The molecule has 0 radical (unpaired) electrons. The second-order valence-corrected chi connectivity index (χ2v) is 7.96. The molecule has 0 atom stereocenters. The molecule has 1 aliphatic carbocycles. The maximum atomic E-state index is 13.0. The summed E-state index contributed by atoms with van der Waals surface area (Å²) in [6.07, 6.45) is -8.18. The Kier molecular flexibility index (Phi) is 4.48. The van der Waals surface area contributed by atoms with E-state index in [-0.39, 0.29) is 12.1 Å². The molecule has 0 bridgehead atoms. The number of amides is 2. The fourth-order valence-corrected chi connectivity index (χ4v) is 3.84. The van der Waals surface area contributed by atoms with Crippen LogP contribution in [0.15, 0.2) is 12.1 Å². The van der Waals surface area contributed by atoms with Gasteiger partial charge in [0.05, 0.1) is 12.2 Å². The summed E-state index contributed by atoms with van der Waals surface area (Å²) >= 11 is 12.1. The lowest BCUT2D eigenvalue weighted by Gasteiger charge is -2.37. The van der Waals surface area contributed by atoms with Gasteiger partial charge in [0.2, 0.25) is 0 Å². The molecule has 0 saturated carbocycles. The number of nitrogens with zero attached hydrogens (tertiary/aromatic N) is 2. The first kappa shape index (κ1) is 20.2. The molecule has 2 heterocycles. The van der Waals surface area contributed by atoms with Gasteiger partial charge >= 0.3 is 24.2 Å². The number of halogens is 8. The minimum Gasteiger partial charge on any atom is -0.337 e. The smallest absolute Gasteiger partial charge is 0.337 e.